The maximum atomic E-state index is 12.4. The number of benzene rings is 1. The summed E-state index contributed by atoms with van der Waals surface area (Å²) in [5, 5.41) is 2.81. The lowest BCUT2D eigenvalue weighted by atomic mass is 10.0. The number of sulfonamides is 1. The van der Waals surface area contributed by atoms with Crippen molar-refractivity contribution in [1.82, 2.24) is 4.31 Å². The summed E-state index contributed by atoms with van der Waals surface area (Å²) in [4.78, 5) is 13.8. The second-order valence-electron chi connectivity index (χ2n) is 6.83. The highest BCUT2D eigenvalue weighted by atomic mass is 32.2. The number of nitrogens with one attached hydrogen (secondary N) is 2. The minimum Gasteiger partial charge on any atom is -0.495 e. The van der Waals surface area contributed by atoms with Crippen molar-refractivity contribution in [2.24, 2.45) is 5.92 Å². The first kappa shape index (κ1) is 19.7. The van der Waals surface area contributed by atoms with E-state index >= 15 is 0 Å². The molecule has 1 heterocycles. The van der Waals surface area contributed by atoms with Gasteiger partial charge in [0.15, 0.2) is 6.54 Å². The van der Waals surface area contributed by atoms with Crippen LogP contribution in [0.3, 0.4) is 0 Å². The number of hydrogen-bond acceptors (Lipinski definition) is 4. The van der Waals surface area contributed by atoms with Crippen LogP contribution in [0.2, 0.25) is 0 Å². The van der Waals surface area contributed by atoms with E-state index in [0.29, 0.717) is 23.9 Å². The van der Waals surface area contributed by atoms with Crippen molar-refractivity contribution in [2.75, 3.05) is 46.2 Å². The van der Waals surface area contributed by atoms with E-state index in [2.05, 4.69) is 12.2 Å². The van der Waals surface area contributed by atoms with Crippen LogP contribution in [0, 0.1) is 5.92 Å². The van der Waals surface area contributed by atoms with Crippen molar-refractivity contribution in [3.8, 4) is 5.75 Å². The Hall–Kier alpha value is -1.64. The number of likely N-dealkylation sites (tertiary alicyclic amines) is 1. The molecule has 1 amide bonds. The zero-order chi connectivity index (χ0) is 18.6. The zero-order valence-corrected chi connectivity index (χ0v) is 16.1. The van der Waals surface area contributed by atoms with Gasteiger partial charge in [-0.1, -0.05) is 6.92 Å². The Labute approximate surface area is 150 Å². The number of carbonyl (C=O) groups is 1. The molecule has 8 heteroatoms. The van der Waals surface area contributed by atoms with Gasteiger partial charge in [0, 0.05) is 20.0 Å². The number of quaternary nitrogens is 1. The summed E-state index contributed by atoms with van der Waals surface area (Å²) in [6.07, 6.45) is 2.34. The summed E-state index contributed by atoms with van der Waals surface area (Å²) in [6.45, 7) is 4.55. The Morgan fingerprint density at radius 3 is 2.72 bits per heavy atom. The highest BCUT2D eigenvalue weighted by molar-refractivity contribution is 7.89. The Bertz CT molecular complexity index is 719. The molecule has 0 radical (unpaired) electrons. The fraction of sp³-hybridized carbons (Fsp3) is 0.588. The molecular weight excluding hydrogens is 342 g/mol. The molecule has 0 aliphatic carbocycles. The van der Waals surface area contributed by atoms with Crippen LogP contribution in [0.25, 0.3) is 0 Å². The van der Waals surface area contributed by atoms with Gasteiger partial charge in [0.1, 0.15) is 5.75 Å². The summed E-state index contributed by atoms with van der Waals surface area (Å²) in [6, 6.07) is 4.48. The minimum absolute atomic E-state index is 0.118. The zero-order valence-electron chi connectivity index (χ0n) is 15.3. The maximum absolute atomic E-state index is 12.4. The van der Waals surface area contributed by atoms with E-state index in [0.717, 1.165) is 23.8 Å². The van der Waals surface area contributed by atoms with Crippen LogP contribution < -0.4 is 15.0 Å². The Balaban J connectivity index is 2.15. The molecule has 2 atom stereocenters. The average molecular weight is 370 g/mol. The molecule has 2 rings (SSSR count). The largest absolute Gasteiger partial charge is 0.495 e. The van der Waals surface area contributed by atoms with Gasteiger partial charge < -0.3 is 15.0 Å². The summed E-state index contributed by atoms with van der Waals surface area (Å²) < 4.78 is 31.0. The van der Waals surface area contributed by atoms with Crippen LogP contribution >= 0.6 is 0 Å². The Morgan fingerprint density at radius 2 is 2.12 bits per heavy atom. The number of methoxy groups -OCH3 is 1. The Morgan fingerprint density at radius 1 is 1.40 bits per heavy atom. The van der Waals surface area contributed by atoms with Crippen molar-refractivity contribution in [2.45, 2.75) is 24.7 Å². The number of piperidine rings is 1. The molecule has 1 fully saturated rings. The number of ether oxygens (including phenoxy) is 1. The molecule has 0 bridgehead atoms. The molecular formula is C17H28N3O4S+. The highest BCUT2D eigenvalue weighted by Crippen LogP contribution is 2.28. The third-order valence-electron chi connectivity index (χ3n) is 4.50. The molecule has 140 valence electrons. The van der Waals surface area contributed by atoms with Crippen molar-refractivity contribution < 1.29 is 22.8 Å². The molecule has 1 aliphatic heterocycles. The van der Waals surface area contributed by atoms with Gasteiger partial charge in [-0.05, 0) is 31.0 Å². The highest BCUT2D eigenvalue weighted by Gasteiger charge is 2.23. The molecule has 1 aromatic rings. The summed E-state index contributed by atoms with van der Waals surface area (Å²) in [5.41, 5.74) is 0.375. The van der Waals surface area contributed by atoms with Gasteiger partial charge in [-0.2, -0.15) is 0 Å². The van der Waals surface area contributed by atoms with Gasteiger partial charge in [0.25, 0.3) is 5.91 Å². The molecule has 25 heavy (non-hydrogen) atoms. The lowest BCUT2D eigenvalue weighted by Gasteiger charge is -2.27. The van der Waals surface area contributed by atoms with E-state index in [1.54, 1.807) is 6.07 Å². The summed E-state index contributed by atoms with van der Waals surface area (Å²) in [5.74, 6) is 0.925. The van der Waals surface area contributed by atoms with Gasteiger partial charge in [-0.3, -0.25) is 4.79 Å². The normalized spacial score (nSPS) is 21.2. The molecule has 1 saturated heterocycles. The van der Waals surface area contributed by atoms with Crippen molar-refractivity contribution in [1.29, 1.82) is 0 Å². The number of amides is 1. The monoisotopic (exact) mass is 370 g/mol. The van der Waals surface area contributed by atoms with Crippen LogP contribution in [-0.2, 0) is 14.8 Å². The van der Waals surface area contributed by atoms with E-state index in [9.17, 15) is 13.2 Å². The van der Waals surface area contributed by atoms with Crippen LogP contribution in [0.1, 0.15) is 19.8 Å². The van der Waals surface area contributed by atoms with Crippen molar-refractivity contribution in [3.05, 3.63) is 18.2 Å². The van der Waals surface area contributed by atoms with E-state index < -0.39 is 10.0 Å². The smallest absolute Gasteiger partial charge is 0.279 e. The predicted octanol–water partition coefficient (Wildman–Crippen LogP) is 0.199. The van der Waals surface area contributed by atoms with Crippen LogP contribution in [0.4, 0.5) is 5.69 Å². The van der Waals surface area contributed by atoms with Gasteiger partial charge in [-0.15, -0.1) is 0 Å². The molecule has 7 nitrogen and oxygen atoms in total. The van der Waals surface area contributed by atoms with E-state index in [1.807, 2.05) is 0 Å². The third kappa shape index (κ3) is 4.93. The van der Waals surface area contributed by atoms with Crippen molar-refractivity contribution >= 4 is 21.6 Å². The number of hydrogen-bond donors (Lipinski definition) is 2. The SMILES string of the molecule is COc1ccc(S(=O)(=O)N(C)C)cc1NC(=O)C[NH+]1CCC[C@@H](C)C1. The standard InChI is InChI=1S/C17H27N3O4S/c1-13-6-5-9-20(11-13)12-17(21)18-15-10-14(7-8-16(15)24-4)25(22,23)19(2)3/h7-8,10,13H,5-6,9,11-12H2,1-4H3,(H,18,21)/p+1/t13-/m1/s1. The van der Waals surface area contributed by atoms with Gasteiger partial charge in [-0.25, -0.2) is 12.7 Å². The first-order valence-electron chi connectivity index (χ1n) is 8.48. The first-order chi connectivity index (χ1) is 11.7. The molecule has 1 unspecified atom stereocenters. The van der Waals surface area contributed by atoms with E-state index in [1.165, 1.54) is 44.7 Å². The minimum atomic E-state index is -3.57. The van der Waals surface area contributed by atoms with Crippen molar-refractivity contribution in [3.63, 3.8) is 0 Å². The summed E-state index contributed by atoms with van der Waals surface area (Å²) in [7, 11) is 0.857. The molecule has 1 aromatic carbocycles. The van der Waals surface area contributed by atoms with Gasteiger partial charge >= 0.3 is 0 Å². The fourth-order valence-corrected chi connectivity index (χ4v) is 4.06. The molecule has 0 saturated carbocycles. The third-order valence-corrected chi connectivity index (χ3v) is 6.31. The molecule has 0 spiro atoms. The molecule has 0 aromatic heterocycles. The second kappa shape index (κ2) is 8.16. The van der Waals surface area contributed by atoms with Gasteiger partial charge in [0.2, 0.25) is 10.0 Å². The number of anilines is 1. The number of carbonyl (C=O) groups excluding carboxylic acids is 1. The van der Waals surface area contributed by atoms with E-state index in [4.69, 9.17) is 4.74 Å². The second-order valence-corrected chi connectivity index (χ2v) is 8.98. The molecule has 1 aliphatic rings. The Kier molecular flexibility index (Phi) is 6.42. The van der Waals surface area contributed by atoms with Crippen LogP contribution in [-0.4, -0.2) is 59.5 Å². The predicted molar refractivity (Wildman–Crippen MR) is 96.5 cm³/mol. The van der Waals surface area contributed by atoms with Crippen LogP contribution in [0.15, 0.2) is 23.1 Å². The fourth-order valence-electron chi connectivity index (χ4n) is 3.14. The number of rotatable bonds is 6. The number of nitrogens with zero attached hydrogens (tertiary/aromatic N) is 1. The van der Waals surface area contributed by atoms with Gasteiger partial charge in [0.05, 0.1) is 30.8 Å². The first-order valence-corrected chi connectivity index (χ1v) is 9.92. The quantitative estimate of drug-likeness (QED) is 0.750. The average Bonchev–Trinajstić information content (AvgIpc) is 2.54. The van der Waals surface area contributed by atoms with Crippen LogP contribution in [0.5, 0.6) is 5.75 Å². The lowest BCUT2D eigenvalue weighted by molar-refractivity contribution is -0.900. The van der Waals surface area contributed by atoms with E-state index in [-0.39, 0.29) is 10.8 Å². The lowest BCUT2D eigenvalue weighted by Crippen LogP contribution is -3.14. The topological polar surface area (TPSA) is 80.2 Å². The maximum Gasteiger partial charge on any atom is 0.279 e. The summed E-state index contributed by atoms with van der Waals surface area (Å²) >= 11 is 0. The molecule has 2 N–H and O–H groups in total.